The van der Waals surface area contributed by atoms with Gasteiger partial charge in [-0.3, -0.25) is 9.97 Å². The molecule has 0 radical (unpaired) electrons. The van der Waals surface area contributed by atoms with Crippen molar-refractivity contribution in [3.05, 3.63) is 200 Å². The number of pyridine rings is 2. The maximum atomic E-state index is 4.59. The molecule has 2 aromatic heterocycles. The topological polar surface area (TPSA) is 29.0 Å². The van der Waals surface area contributed by atoms with E-state index < -0.39 is 0 Å². The Morgan fingerprint density at radius 2 is 0.717 bits per heavy atom. The quantitative estimate of drug-likeness (QED) is 0.164. The molecule has 2 heterocycles. The molecule has 10 aromatic rings. The molecule has 0 atom stereocenters. The summed E-state index contributed by atoms with van der Waals surface area (Å²) in [5.41, 5.74) is 12.3. The molecular weight excluding hydrogens is 643 g/mol. The SMILES string of the molecule is c1ccc(-c2ccc3c(ccc4cc(N(c5ccc(-c6ccc7cccnc7c6)cc5)c5ccc(-c6ccc7cccnc7c6)cc5)ccc43)c2)cc1. The fourth-order valence-electron chi connectivity index (χ4n) is 7.55. The lowest BCUT2D eigenvalue weighted by molar-refractivity contribution is 1.29. The molecule has 8 aromatic carbocycles. The molecule has 0 spiro atoms. The number of anilines is 3. The van der Waals surface area contributed by atoms with Crippen LogP contribution in [0.1, 0.15) is 0 Å². The van der Waals surface area contributed by atoms with E-state index >= 15 is 0 Å². The summed E-state index contributed by atoms with van der Waals surface area (Å²) in [6.07, 6.45) is 3.70. The van der Waals surface area contributed by atoms with Crippen LogP contribution in [0.15, 0.2) is 200 Å². The molecule has 0 aliphatic carbocycles. The van der Waals surface area contributed by atoms with Crippen LogP contribution in [0.5, 0.6) is 0 Å². The molecule has 0 aliphatic rings. The standard InChI is InChI=1S/C50H33N3/c1-2-6-34(7-3-1)39-20-26-47-42(30-39)14-15-43-31-46(25-27-48(43)47)53(44-21-16-35(17-22-44)40-12-10-37-8-4-28-51-49(37)32-40)45-23-18-36(19-24-45)41-13-11-38-9-5-29-52-50(38)33-41/h1-33H. The molecule has 0 saturated carbocycles. The average molecular weight is 676 g/mol. The molecule has 0 unspecified atom stereocenters. The van der Waals surface area contributed by atoms with E-state index in [9.17, 15) is 0 Å². The lowest BCUT2D eigenvalue weighted by atomic mass is 9.97. The predicted molar refractivity (Wildman–Crippen MR) is 223 cm³/mol. The first-order valence-corrected chi connectivity index (χ1v) is 18.0. The molecule has 10 rings (SSSR count). The molecule has 3 heteroatoms. The first-order chi connectivity index (χ1) is 26.2. The van der Waals surface area contributed by atoms with E-state index in [4.69, 9.17) is 0 Å². The fraction of sp³-hybridized carbons (Fsp3) is 0. The van der Waals surface area contributed by atoms with Gasteiger partial charge in [-0.05, 0) is 122 Å². The zero-order valence-electron chi connectivity index (χ0n) is 28.9. The van der Waals surface area contributed by atoms with Gasteiger partial charge >= 0.3 is 0 Å². The zero-order valence-corrected chi connectivity index (χ0v) is 28.9. The van der Waals surface area contributed by atoms with Gasteiger partial charge in [0.05, 0.1) is 11.0 Å². The van der Waals surface area contributed by atoms with Crippen LogP contribution in [-0.2, 0) is 0 Å². The minimum absolute atomic E-state index is 0.998. The summed E-state index contributed by atoms with van der Waals surface area (Å²) in [5.74, 6) is 0. The summed E-state index contributed by atoms with van der Waals surface area (Å²) >= 11 is 0. The molecule has 3 nitrogen and oxygen atoms in total. The van der Waals surface area contributed by atoms with Gasteiger partial charge < -0.3 is 4.90 Å². The number of hydrogen-bond acceptors (Lipinski definition) is 3. The summed E-state index contributed by atoms with van der Waals surface area (Å²) in [6, 6.07) is 67.6. The Hall–Kier alpha value is -7.10. The van der Waals surface area contributed by atoms with Crippen LogP contribution in [0.3, 0.4) is 0 Å². The zero-order chi connectivity index (χ0) is 35.1. The molecule has 53 heavy (non-hydrogen) atoms. The van der Waals surface area contributed by atoms with Crippen LogP contribution < -0.4 is 4.90 Å². The summed E-state index contributed by atoms with van der Waals surface area (Å²) in [5, 5.41) is 7.22. The van der Waals surface area contributed by atoms with Crippen LogP contribution in [-0.4, -0.2) is 9.97 Å². The first-order valence-electron chi connectivity index (χ1n) is 18.0. The van der Waals surface area contributed by atoms with Crippen LogP contribution in [0.25, 0.3) is 76.7 Å². The van der Waals surface area contributed by atoms with Gasteiger partial charge in [0.25, 0.3) is 0 Å². The van der Waals surface area contributed by atoms with E-state index in [1.54, 1.807) is 0 Å². The van der Waals surface area contributed by atoms with Gasteiger partial charge in [-0.25, -0.2) is 0 Å². The predicted octanol–water partition coefficient (Wildman–Crippen LogP) is 13.6. The Kier molecular flexibility index (Phi) is 7.47. The molecule has 0 amide bonds. The van der Waals surface area contributed by atoms with E-state index in [0.29, 0.717) is 0 Å². The van der Waals surface area contributed by atoms with Gasteiger partial charge in [0.15, 0.2) is 0 Å². The fourth-order valence-corrected chi connectivity index (χ4v) is 7.55. The van der Waals surface area contributed by atoms with Gasteiger partial charge in [-0.1, -0.05) is 121 Å². The van der Waals surface area contributed by atoms with Crippen molar-refractivity contribution in [1.29, 1.82) is 0 Å². The lowest BCUT2D eigenvalue weighted by Gasteiger charge is -2.26. The number of benzene rings is 8. The number of rotatable bonds is 6. The van der Waals surface area contributed by atoms with E-state index in [1.165, 1.54) is 32.7 Å². The number of fused-ring (bicyclic) bond motifs is 5. The van der Waals surface area contributed by atoms with Crippen LogP contribution >= 0.6 is 0 Å². The van der Waals surface area contributed by atoms with Gasteiger partial charge in [0, 0.05) is 40.2 Å². The number of hydrogen-bond donors (Lipinski definition) is 0. The Balaban J connectivity index is 1.05. The van der Waals surface area contributed by atoms with Gasteiger partial charge in [0.1, 0.15) is 0 Å². The lowest BCUT2D eigenvalue weighted by Crippen LogP contribution is -2.09. The van der Waals surface area contributed by atoms with Crippen molar-refractivity contribution in [2.45, 2.75) is 0 Å². The van der Waals surface area contributed by atoms with Crippen molar-refractivity contribution in [2.24, 2.45) is 0 Å². The van der Waals surface area contributed by atoms with Crippen molar-refractivity contribution in [2.75, 3.05) is 4.90 Å². The van der Waals surface area contributed by atoms with Crippen LogP contribution in [0.4, 0.5) is 17.1 Å². The summed E-state index contributed by atoms with van der Waals surface area (Å²) in [4.78, 5) is 11.5. The highest BCUT2D eigenvalue weighted by Crippen LogP contribution is 2.40. The van der Waals surface area contributed by atoms with Crippen molar-refractivity contribution in [3.63, 3.8) is 0 Å². The normalized spacial score (nSPS) is 11.4. The van der Waals surface area contributed by atoms with Crippen molar-refractivity contribution in [1.82, 2.24) is 9.97 Å². The Bertz CT molecular complexity index is 2810. The second-order valence-electron chi connectivity index (χ2n) is 13.5. The van der Waals surface area contributed by atoms with Gasteiger partial charge in [-0.15, -0.1) is 0 Å². The van der Waals surface area contributed by atoms with E-state index in [1.807, 2.05) is 24.5 Å². The third-order valence-corrected chi connectivity index (χ3v) is 10.3. The van der Waals surface area contributed by atoms with Crippen molar-refractivity contribution < 1.29 is 0 Å². The Morgan fingerprint density at radius 1 is 0.283 bits per heavy atom. The maximum absolute atomic E-state index is 4.59. The maximum Gasteiger partial charge on any atom is 0.0708 e. The molecular formula is C50H33N3. The second-order valence-corrected chi connectivity index (χ2v) is 13.5. The number of aromatic nitrogens is 2. The highest BCUT2D eigenvalue weighted by molar-refractivity contribution is 6.09. The molecule has 0 bridgehead atoms. The van der Waals surface area contributed by atoms with E-state index in [2.05, 4.69) is 191 Å². The Labute approximate surface area is 308 Å². The Morgan fingerprint density at radius 3 is 1.30 bits per heavy atom. The smallest absolute Gasteiger partial charge is 0.0708 e. The van der Waals surface area contributed by atoms with Gasteiger partial charge in [-0.2, -0.15) is 0 Å². The largest absolute Gasteiger partial charge is 0.310 e. The second kappa shape index (κ2) is 12.9. The van der Waals surface area contributed by atoms with E-state index in [-0.39, 0.29) is 0 Å². The summed E-state index contributed by atoms with van der Waals surface area (Å²) < 4.78 is 0. The van der Waals surface area contributed by atoms with Crippen molar-refractivity contribution >= 4 is 60.4 Å². The highest BCUT2D eigenvalue weighted by atomic mass is 15.1. The minimum atomic E-state index is 0.998. The van der Waals surface area contributed by atoms with Gasteiger partial charge in [0.2, 0.25) is 0 Å². The highest BCUT2D eigenvalue weighted by Gasteiger charge is 2.15. The molecule has 0 aliphatic heterocycles. The average Bonchev–Trinajstić information content (AvgIpc) is 3.24. The molecule has 248 valence electrons. The third-order valence-electron chi connectivity index (χ3n) is 10.3. The van der Waals surface area contributed by atoms with E-state index in [0.717, 1.165) is 61.1 Å². The minimum Gasteiger partial charge on any atom is -0.310 e. The molecule has 0 saturated heterocycles. The monoisotopic (exact) mass is 675 g/mol. The first kappa shape index (κ1) is 30.7. The van der Waals surface area contributed by atoms with Crippen molar-refractivity contribution in [3.8, 4) is 33.4 Å². The number of nitrogens with zero attached hydrogens (tertiary/aromatic N) is 3. The summed E-state index contributed by atoms with van der Waals surface area (Å²) in [7, 11) is 0. The van der Waals surface area contributed by atoms with Crippen LogP contribution in [0.2, 0.25) is 0 Å². The van der Waals surface area contributed by atoms with Crippen LogP contribution in [0, 0.1) is 0 Å². The molecule has 0 fully saturated rings. The summed E-state index contributed by atoms with van der Waals surface area (Å²) in [6.45, 7) is 0. The third kappa shape index (κ3) is 5.75. The molecule has 0 N–H and O–H groups in total.